The van der Waals surface area contributed by atoms with Crippen LogP contribution in [-0.4, -0.2) is 69.4 Å². The number of fused-ring (bicyclic) bond motifs is 2. The third kappa shape index (κ3) is 10.3. The molecule has 14 heteroatoms. The molecule has 66 heavy (non-hydrogen) atoms. The van der Waals surface area contributed by atoms with E-state index in [1.165, 1.54) is 0 Å². The van der Waals surface area contributed by atoms with Crippen molar-refractivity contribution < 1.29 is 39.6 Å². The van der Waals surface area contributed by atoms with Crippen molar-refractivity contribution in [1.82, 2.24) is 0 Å². The summed E-state index contributed by atoms with van der Waals surface area (Å²) in [4.78, 5) is 55.3. The van der Waals surface area contributed by atoms with E-state index in [9.17, 15) is 39.6 Å². The maximum absolute atomic E-state index is 13.5. The van der Waals surface area contributed by atoms with Crippen LogP contribution in [0.2, 0.25) is 10.0 Å². The van der Waals surface area contributed by atoms with Gasteiger partial charge in [0, 0.05) is 79.3 Å². The molecule has 4 atom stereocenters. The smallest absolute Gasteiger partial charge is 0.258 e. The number of anilines is 4. The lowest BCUT2D eigenvalue weighted by molar-refractivity contribution is 0.0176. The minimum Gasteiger partial charge on any atom is -0.390 e. The summed E-state index contributed by atoms with van der Waals surface area (Å²) in [7, 11) is 0. The van der Waals surface area contributed by atoms with Gasteiger partial charge in [-0.05, 0) is 148 Å². The number of hydrogen-bond donors (Lipinski definition) is 6. The Morgan fingerprint density at radius 1 is 0.485 bits per heavy atom. The first-order valence-electron chi connectivity index (χ1n) is 21.4. The van der Waals surface area contributed by atoms with Gasteiger partial charge in [0.15, 0.2) is 0 Å². The van der Waals surface area contributed by atoms with E-state index in [-0.39, 0.29) is 49.6 Å². The quantitative estimate of drug-likeness (QED) is 0.0957. The summed E-state index contributed by atoms with van der Waals surface area (Å²) in [5, 5.41) is 48.2. The van der Waals surface area contributed by atoms with Gasteiger partial charge >= 0.3 is 0 Å². The number of nitrogens with one attached hydrogen (secondary N) is 2. The molecule has 0 spiro atoms. The van der Waals surface area contributed by atoms with Gasteiger partial charge in [-0.3, -0.25) is 19.2 Å². The van der Waals surface area contributed by atoms with Crippen molar-refractivity contribution in [1.29, 1.82) is 0 Å². The average Bonchev–Trinajstić information content (AvgIpc) is 3.49. The molecule has 0 aromatic heterocycles. The van der Waals surface area contributed by atoms with E-state index in [2.05, 4.69) is 10.6 Å². The van der Waals surface area contributed by atoms with Crippen molar-refractivity contribution in [2.24, 2.45) is 0 Å². The third-order valence-corrected chi connectivity index (χ3v) is 12.4. The summed E-state index contributed by atoms with van der Waals surface area (Å²) in [6.45, 7) is 7.86. The Kier molecular flexibility index (Phi) is 14.7. The van der Waals surface area contributed by atoms with Crippen LogP contribution in [0.5, 0.6) is 0 Å². The van der Waals surface area contributed by atoms with Gasteiger partial charge in [-0.15, -0.1) is 0 Å². The summed E-state index contributed by atoms with van der Waals surface area (Å²) in [6.07, 6.45) is -3.81. The van der Waals surface area contributed by atoms with Gasteiger partial charge in [0.2, 0.25) is 0 Å². The molecule has 0 unspecified atom stereocenters. The monoisotopic (exact) mass is 928 g/mol. The van der Waals surface area contributed by atoms with E-state index < -0.39 is 24.4 Å². The second-order valence-electron chi connectivity index (χ2n) is 16.5. The minimum atomic E-state index is -1.13. The summed E-state index contributed by atoms with van der Waals surface area (Å²) in [5.74, 6) is -0.941. The fraction of sp³-hybridized carbons (Fsp3) is 0.231. The molecular weight excluding hydrogens is 879 g/mol. The van der Waals surface area contributed by atoms with E-state index in [0.29, 0.717) is 77.3 Å². The van der Waals surface area contributed by atoms with Crippen molar-refractivity contribution in [3.63, 3.8) is 0 Å². The zero-order chi connectivity index (χ0) is 47.4. The first-order chi connectivity index (χ1) is 31.5. The molecule has 0 fully saturated rings. The second-order valence-corrected chi connectivity index (χ2v) is 17.4. The van der Waals surface area contributed by atoms with Crippen LogP contribution in [0.25, 0.3) is 0 Å². The molecule has 0 aliphatic carbocycles. The van der Waals surface area contributed by atoms with Crippen molar-refractivity contribution in [2.75, 3.05) is 33.5 Å². The first-order valence-corrected chi connectivity index (χ1v) is 22.2. The van der Waals surface area contributed by atoms with Gasteiger partial charge in [-0.1, -0.05) is 59.6 Å². The van der Waals surface area contributed by atoms with Crippen molar-refractivity contribution in [2.45, 2.75) is 65.0 Å². The molecule has 0 bridgehead atoms. The third-order valence-electron chi connectivity index (χ3n) is 11.9. The number of aryl methyl sites for hydroxylation is 4. The Morgan fingerprint density at radius 2 is 0.864 bits per heavy atom. The van der Waals surface area contributed by atoms with Crippen molar-refractivity contribution >= 4 is 69.6 Å². The van der Waals surface area contributed by atoms with E-state index in [4.69, 9.17) is 23.2 Å². The van der Waals surface area contributed by atoms with Crippen molar-refractivity contribution in [3.8, 4) is 0 Å². The van der Waals surface area contributed by atoms with Gasteiger partial charge < -0.3 is 40.9 Å². The lowest BCUT2D eigenvalue weighted by Crippen LogP contribution is -2.33. The Morgan fingerprint density at radius 3 is 1.23 bits per heavy atom. The maximum Gasteiger partial charge on any atom is 0.258 e. The largest absolute Gasteiger partial charge is 0.390 e. The number of aliphatic hydroxyl groups is 4. The molecule has 6 aromatic carbocycles. The summed E-state index contributed by atoms with van der Waals surface area (Å²) in [6, 6.07) is 34.8. The van der Waals surface area contributed by atoms with Crippen LogP contribution < -0.4 is 20.4 Å². The molecule has 2 heterocycles. The zero-order valence-corrected chi connectivity index (χ0v) is 38.3. The Bertz CT molecular complexity index is 2640. The molecule has 0 radical (unpaired) electrons. The Balaban J connectivity index is 0.000000196. The van der Waals surface area contributed by atoms with Crippen molar-refractivity contribution in [3.05, 3.63) is 187 Å². The SMILES string of the molecule is Cc1ccccc1C(=O)Nc1ccc(C(=O)N2CC[C@@H](O)[C@H](O)c3cc(Cl)ccc32)c(C)c1.Cc1ccccc1C(=O)Nc1ccc(C(=O)N2CC[C@H](O)[C@@H](O)c3cc(Cl)ccc32)c(C)c1. The van der Waals surface area contributed by atoms with Crippen LogP contribution in [-0.2, 0) is 0 Å². The molecule has 6 N–H and O–H groups in total. The van der Waals surface area contributed by atoms with Crippen LogP contribution in [0.4, 0.5) is 22.7 Å². The molecule has 0 saturated carbocycles. The molecule has 2 aliphatic rings. The number of benzene rings is 6. The highest BCUT2D eigenvalue weighted by Gasteiger charge is 2.33. The highest BCUT2D eigenvalue weighted by molar-refractivity contribution is 6.31. The lowest BCUT2D eigenvalue weighted by atomic mass is 10.0. The summed E-state index contributed by atoms with van der Waals surface area (Å²) < 4.78 is 0. The number of nitrogens with zero attached hydrogens (tertiary/aromatic N) is 2. The highest BCUT2D eigenvalue weighted by Crippen LogP contribution is 2.38. The van der Waals surface area contributed by atoms with Crippen LogP contribution in [0, 0.1) is 27.7 Å². The molecule has 6 aromatic rings. The predicted octanol–water partition coefficient (Wildman–Crippen LogP) is 9.31. The van der Waals surface area contributed by atoms with E-state index >= 15 is 0 Å². The number of aliphatic hydroxyl groups excluding tert-OH is 4. The fourth-order valence-corrected chi connectivity index (χ4v) is 8.60. The molecule has 0 saturated heterocycles. The number of carbonyl (C=O) groups is 4. The van der Waals surface area contributed by atoms with Crippen LogP contribution in [0.15, 0.2) is 121 Å². The number of hydrogen-bond acceptors (Lipinski definition) is 8. The standard InChI is InChI=1S/2C26H25ClN2O4/c2*1-15-5-3-4-6-19(15)25(32)28-18-8-9-20(16(2)13-18)26(33)29-12-11-23(30)24(31)21-14-17(27)7-10-22(21)29/h2*3-10,13-14,23-24,30-31H,11-12H2,1-2H3,(H,28,32)/t2*23-,24-/m10/s1. The number of carbonyl (C=O) groups excluding carboxylic acids is 4. The molecule has 2 aliphatic heterocycles. The van der Waals surface area contributed by atoms with Gasteiger partial charge in [0.25, 0.3) is 23.6 Å². The van der Waals surface area contributed by atoms with Crippen LogP contribution >= 0.6 is 23.2 Å². The molecular formula is C52H50Cl2N4O8. The average molecular weight is 930 g/mol. The maximum atomic E-state index is 13.5. The van der Waals surface area contributed by atoms with E-state index in [1.54, 1.807) is 109 Å². The fourth-order valence-electron chi connectivity index (χ4n) is 8.24. The summed E-state index contributed by atoms with van der Waals surface area (Å²) >= 11 is 12.2. The molecule has 8 rings (SSSR count). The topological polar surface area (TPSA) is 180 Å². The normalized spacial score (nSPS) is 17.8. The van der Waals surface area contributed by atoms with Gasteiger partial charge in [-0.2, -0.15) is 0 Å². The number of halogens is 2. The molecule has 340 valence electrons. The summed E-state index contributed by atoms with van der Waals surface area (Å²) in [5.41, 5.74) is 8.32. The van der Waals surface area contributed by atoms with E-state index in [1.807, 2.05) is 50.2 Å². The predicted molar refractivity (Wildman–Crippen MR) is 258 cm³/mol. The second kappa shape index (κ2) is 20.4. The van der Waals surface area contributed by atoms with Gasteiger partial charge in [-0.25, -0.2) is 0 Å². The number of rotatable bonds is 6. The Hall–Kier alpha value is -6.38. The Labute approximate surface area is 393 Å². The zero-order valence-electron chi connectivity index (χ0n) is 36.8. The molecule has 12 nitrogen and oxygen atoms in total. The highest BCUT2D eigenvalue weighted by atomic mass is 35.5. The number of amides is 4. The van der Waals surface area contributed by atoms with Gasteiger partial charge in [0.1, 0.15) is 12.2 Å². The van der Waals surface area contributed by atoms with E-state index in [0.717, 1.165) is 11.1 Å². The first kappa shape index (κ1) is 47.6. The lowest BCUT2D eigenvalue weighted by Gasteiger charge is -2.24. The minimum absolute atomic E-state index is 0.215. The molecule has 4 amide bonds. The van der Waals surface area contributed by atoms with Crippen LogP contribution in [0.1, 0.15) is 99.9 Å². The van der Waals surface area contributed by atoms with Gasteiger partial charge in [0.05, 0.1) is 12.2 Å². The van der Waals surface area contributed by atoms with Crippen LogP contribution in [0.3, 0.4) is 0 Å².